The molecular formula is C41H55ClF5N7O8. The number of benzene rings is 1. The predicted molar refractivity (Wildman–Crippen MR) is 213 cm³/mol. The molecule has 5 N–H and O–H groups in total. The van der Waals surface area contributed by atoms with E-state index >= 15 is 0 Å². The van der Waals surface area contributed by atoms with Gasteiger partial charge in [0.1, 0.15) is 47.7 Å². The molecule has 4 fully saturated rings. The molecule has 1 spiro atoms. The number of hydrogen-bond acceptors (Lipinski definition) is 8. The third-order valence-corrected chi connectivity index (χ3v) is 12.5. The second-order valence-corrected chi connectivity index (χ2v) is 18.0. The van der Waals surface area contributed by atoms with E-state index in [0.29, 0.717) is 37.0 Å². The zero-order valence-electron chi connectivity index (χ0n) is 35.3. The van der Waals surface area contributed by atoms with Crippen molar-refractivity contribution in [2.75, 3.05) is 27.2 Å². The van der Waals surface area contributed by atoms with E-state index in [0.717, 1.165) is 21.9 Å². The van der Waals surface area contributed by atoms with Gasteiger partial charge >= 0.3 is 6.18 Å². The van der Waals surface area contributed by atoms with Crippen molar-refractivity contribution in [3.05, 3.63) is 34.6 Å². The van der Waals surface area contributed by atoms with Crippen molar-refractivity contribution in [3.8, 4) is 0 Å². The molecule has 21 heteroatoms. The second-order valence-electron chi connectivity index (χ2n) is 17.6. The smallest absolute Gasteiger partial charge is 0.373 e. The lowest BCUT2D eigenvalue weighted by Crippen LogP contribution is -2.62. The van der Waals surface area contributed by atoms with Crippen molar-refractivity contribution in [3.63, 3.8) is 0 Å². The normalized spacial score (nSPS) is 26.6. The number of amides is 7. The molecule has 2 aliphatic carbocycles. The summed E-state index contributed by atoms with van der Waals surface area (Å²) in [5.41, 5.74) is -4.95. The molecule has 1 aromatic rings. The number of carbonyl (C=O) groups is 7. The first-order valence-corrected chi connectivity index (χ1v) is 21.2. The third-order valence-electron chi connectivity index (χ3n) is 12.2. The summed E-state index contributed by atoms with van der Waals surface area (Å²) in [4.78, 5) is 99.5. The van der Waals surface area contributed by atoms with Gasteiger partial charge in [-0.05, 0) is 93.9 Å². The van der Waals surface area contributed by atoms with E-state index < -0.39 is 120 Å². The Kier molecular flexibility index (Phi) is 14.9. The van der Waals surface area contributed by atoms with Gasteiger partial charge in [0.15, 0.2) is 0 Å². The summed E-state index contributed by atoms with van der Waals surface area (Å²) in [5, 5.41) is 21.0. The largest absolute Gasteiger partial charge is 0.426 e. The van der Waals surface area contributed by atoms with Crippen molar-refractivity contribution in [1.29, 1.82) is 0 Å². The lowest BCUT2D eigenvalue weighted by molar-refractivity contribution is -0.250. The van der Waals surface area contributed by atoms with E-state index in [9.17, 15) is 60.6 Å². The summed E-state index contributed by atoms with van der Waals surface area (Å²) >= 11 is 6.39. The SMILES string of the molecule is CC(C)C[C@@H]1NC(=O)[C@@H](N(C)C(=O)[C@@H](NC(=O)[C@@H]2C[C@@H](F)CN2C(=O)[C@@](C)(O)C(F)(F)F)C2CC2)CCCCNC(=O)C2(CC2)NC(=O)[C@H](Cc2cc(F)ccc2Cl)N(C)C1=O. The van der Waals surface area contributed by atoms with Crippen LogP contribution in [0, 0.1) is 17.7 Å². The average molecular weight is 904 g/mol. The lowest BCUT2D eigenvalue weighted by Gasteiger charge is -2.35. The fourth-order valence-corrected chi connectivity index (χ4v) is 8.15. The number of rotatable bonds is 10. The lowest BCUT2D eigenvalue weighted by atomic mass is 9.98. The van der Waals surface area contributed by atoms with E-state index in [-0.39, 0.29) is 55.7 Å². The highest BCUT2D eigenvalue weighted by Crippen LogP contribution is 2.38. The molecule has 2 saturated heterocycles. The van der Waals surface area contributed by atoms with Crippen molar-refractivity contribution in [2.24, 2.45) is 11.8 Å². The van der Waals surface area contributed by atoms with Crippen LogP contribution in [0.25, 0.3) is 0 Å². The monoisotopic (exact) mass is 903 g/mol. The predicted octanol–water partition coefficient (Wildman–Crippen LogP) is 2.30. The van der Waals surface area contributed by atoms with Crippen molar-refractivity contribution in [1.82, 2.24) is 36.0 Å². The third kappa shape index (κ3) is 10.9. The van der Waals surface area contributed by atoms with Crippen molar-refractivity contribution < 1.29 is 60.6 Å². The van der Waals surface area contributed by atoms with E-state index in [2.05, 4.69) is 21.3 Å². The minimum Gasteiger partial charge on any atom is -0.373 e. The van der Waals surface area contributed by atoms with Gasteiger partial charge in [0.2, 0.25) is 41.0 Å². The number of nitrogens with zero attached hydrogens (tertiary/aromatic N) is 3. The first-order valence-electron chi connectivity index (χ1n) is 20.8. The van der Waals surface area contributed by atoms with Crippen LogP contribution in [0.3, 0.4) is 0 Å². The Bertz CT molecular complexity index is 1910. The molecule has 0 unspecified atom stereocenters. The molecule has 4 aliphatic rings. The molecule has 0 bridgehead atoms. The molecule has 5 rings (SSSR count). The molecule has 2 saturated carbocycles. The van der Waals surface area contributed by atoms with E-state index in [4.69, 9.17) is 11.6 Å². The van der Waals surface area contributed by atoms with Crippen LogP contribution in [-0.2, 0) is 40.0 Å². The molecule has 15 nitrogen and oxygen atoms in total. The van der Waals surface area contributed by atoms with Gasteiger partial charge in [-0.25, -0.2) is 8.78 Å². The Labute approximate surface area is 361 Å². The Morgan fingerprint density at radius 1 is 1.06 bits per heavy atom. The molecule has 0 radical (unpaired) electrons. The number of hydrogen-bond donors (Lipinski definition) is 5. The first kappa shape index (κ1) is 48.4. The Balaban J connectivity index is 1.42. The number of carbonyl (C=O) groups excluding carboxylic acids is 7. The highest BCUT2D eigenvalue weighted by atomic mass is 35.5. The van der Waals surface area contributed by atoms with Gasteiger partial charge in [0.25, 0.3) is 5.91 Å². The standard InChI is InChI=1S/C41H55ClF5N7O8/c1-21(2)16-27-35(58)53(5)29(18-23-17-24(43)11-12-26(23)42)34(57)51-40(13-14-40)37(60)48-15-7-6-8-28(32(55)49-27)52(4)36(59)31(22-9-10-22)50-33(56)30-19-25(44)20-54(30)38(61)39(3,62)41(45,46)47/h11-12,17,21-22,25,27-31,62H,6-10,13-16,18-20H2,1-5H3,(H,48,60)(H,49,55)(H,50,56)(H,51,57)/t25-,27+,28+,29+,30+,31+,39-/m1/s1. The number of likely N-dealkylation sites (tertiary alicyclic amines) is 1. The number of nitrogens with one attached hydrogen (secondary N) is 4. The fourth-order valence-electron chi connectivity index (χ4n) is 7.95. The first-order chi connectivity index (χ1) is 28.9. The number of likely N-dealkylation sites (N-methyl/N-ethyl adjacent to an activating group) is 2. The minimum atomic E-state index is -5.44. The van der Waals surface area contributed by atoms with Gasteiger partial charge in [-0.2, -0.15) is 13.2 Å². The summed E-state index contributed by atoms with van der Waals surface area (Å²) in [6.07, 6.45) is -6.06. The molecular weight excluding hydrogens is 849 g/mol. The van der Waals surface area contributed by atoms with Crippen LogP contribution in [0.15, 0.2) is 18.2 Å². The molecule has 0 aromatic heterocycles. The van der Waals surface area contributed by atoms with Gasteiger partial charge in [-0.15, -0.1) is 0 Å². The average Bonchev–Trinajstić information content (AvgIpc) is 4.14. The van der Waals surface area contributed by atoms with Crippen LogP contribution >= 0.6 is 11.6 Å². The molecule has 7 amide bonds. The zero-order valence-corrected chi connectivity index (χ0v) is 36.0. The van der Waals surface area contributed by atoms with E-state index in [1.54, 1.807) is 13.8 Å². The maximum atomic E-state index is 14.6. The summed E-state index contributed by atoms with van der Waals surface area (Å²) in [7, 11) is 2.65. The maximum absolute atomic E-state index is 14.6. The Morgan fingerprint density at radius 3 is 2.32 bits per heavy atom. The maximum Gasteiger partial charge on any atom is 0.426 e. The van der Waals surface area contributed by atoms with Gasteiger partial charge in [0.05, 0.1) is 6.54 Å². The van der Waals surface area contributed by atoms with Gasteiger partial charge < -0.3 is 41.1 Å². The van der Waals surface area contributed by atoms with Gasteiger partial charge in [0, 0.05) is 38.5 Å². The zero-order chi connectivity index (χ0) is 46.1. The van der Waals surface area contributed by atoms with E-state index in [1.807, 2.05) is 0 Å². The van der Waals surface area contributed by atoms with Crippen LogP contribution in [-0.4, -0.2) is 142 Å². The molecule has 7 atom stereocenters. The minimum absolute atomic E-state index is 0.0112. The summed E-state index contributed by atoms with van der Waals surface area (Å²) in [6.45, 7) is 3.04. The molecule has 2 heterocycles. The summed E-state index contributed by atoms with van der Waals surface area (Å²) < 4.78 is 69.8. The quantitative estimate of drug-likeness (QED) is 0.221. The highest BCUT2D eigenvalue weighted by molar-refractivity contribution is 6.31. The van der Waals surface area contributed by atoms with Gasteiger partial charge in [-0.1, -0.05) is 25.4 Å². The summed E-state index contributed by atoms with van der Waals surface area (Å²) in [5.74, 6) is -7.76. The van der Waals surface area contributed by atoms with Crippen LogP contribution in [0.2, 0.25) is 5.02 Å². The molecule has 2 aliphatic heterocycles. The summed E-state index contributed by atoms with van der Waals surface area (Å²) in [6, 6.07) is -3.41. The number of aliphatic hydroxyl groups is 1. The van der Waals surface area contributed by atoms with Crippen LogP contribution < -0.4 is 21.3 Å². The second kappa shape index (κ2) is 19.0. The number of halogens is 6. The van der Waals surface area contributed by atoms with Crippen LogP contribution in [0.4, 0.5) is 22.0 Å². The topological polar surface area (TPSA) is 198 Å². The van der Waals surface area contributed by atoms with E-state index in [1.165, 1.54) is 20.2 Å². The van der Waals surface area contributed by atoms with Crippen LogP contribution in [0.1, 0.15) is 84.1 Å². The molecule has 62 heavy (non-hydrogen) atoms. The Hall–Kier alpha value is -4.59. The van der Waals surface area contributed by atoms with Crippen molar-refractivity contribution in [2.45, 2.75) is 139 Å². The van der Waals surface area contributed by atoms with Crippen LogP contribution in [0.5, 0.6) is 0 Å². The van der Waals surface area contributed by atoms with Crippen molar-refractivity contribution >= 4 is 53.0 Å². The number of alkyl halides is 4. The fraction of sp³-hybridized carbons (Fsp3) is 0.683. The molecule has 344 valence electrons. The molecule has 1 aromatic carbocycles. The Morgan fingerprint density at radius 2 is 1.73 bits per heavy atom. The van der Waals surface area contributed by atoms with Gasteiger partial charge in [-0.3, -0.25) is 33.6 Å². The highest BCUT2D eigenvalue weighted by Gasteiger charge is 2.60.